The molecule has 1 aromatic heterocycles. The zero-order valence-electron chi connectivity index (χ0n) is 19.3. The number of piperazine rings is 1. The van der Waals surface area contributed by atoms with E-state index in [0.717, 1.165) is 49.3 Å². The van der Waals surface area contributed by atoms with E-state index in [-0.39, 0.29) is 24.2 Å². The highest BCUT2D eigenvalue weighted by Crippen LogP contribution is 2.27. The fourth-order valence-electron chi connectivity index (χ4n) is 5.08. The summed E-state index contributed by atoms with van der Waals surface area (Å²) in [6.45, 7) is 7.31. The van der Waals surface area contributed by atoms with Crippen LogP contribution in [-0.2, 0) is 9.59 Å². The van der Waals surface area contributed by atoms with E-state index in [1.54, 1.807) is 4.90 Å². The second-order valence-corrected chi connectivity index (χ2v) is 9.27. The maximum atomic E-state index is 13.2. The Morgan fingerprint density at radius 1 is 0.909 bits per heavy atom. The zero-order valence-corrected chi connectivity index (χ0v) is 19.3. The molecule has 5 rings (SSSR count). The van der Waals surface area contributed by atoms with Crippen LogP contribution in [0.5, 0.6) is 0 Å². The number of carbonyl (C=O) groups is 2. The molecule has 174 valence electrons. The van der Waals surface area contributed by atoms with Crippen molar-refractivity contribution in [3.05, 3.63) is 42.1 Å². The minimum atomic E-state index is -0.267. The number of aromatic nitrogens is 2. The van der Waals surface area contributed by atoms with Gasteiger partial charge < -0.3 is 19.6 Å². The van der Waals surface area contributed by atoms with Gasteiger partial charge >= 0.3 is 0 Å². The number of amides is 2. The molecule has 4 heterocycles. The maximum Gasteiger partial charge on any atom is 0.228 e. The molecule has 8 heteroatoms. The van der Waals surface area contributed by atoms with E-state index < -0.39 is 0 Å². The van der Waals surface area contributed by atoms with Crippen molar-refractivity contribution in [2.24, 2.45) is 5.92 Å². The van der Waals surface area contributed by atoms with Gasteiger partial charge in [0, 0.05) is 69.7 Å². The Labute approximate surface area is 195 Å². The molecule has 1 atom stereocenters. The molecule has 0 aliphatic carbocycles. The lowest BCUT2D eigenvalue weighted by Crippen LogP contribution is -2.51. The van der Waals surface area contributed by atoms with Gasteiger partial charge in [-0.3, -0.25) is 9.59 Å². The third kappa shape index (κ3) is 4.65. The predicted molar refractivity (Wildman–Crippen MR) is 129 cm³/mol. The Morgan fingerprint density at radius 2 is 1.64 bits per heavy atom. The topological polar surface area (TPSA) is 72.9 Å². The summed E-state index contributed by atoms with van der Waals surface area (Å²) in [5.74, 6) is 1.63. The number of para-hydroxylation sites is 1. The number of nitrogens with zero attached hydrogens (tertiary/aromatic N) is 6. The summed E-state index contributed by atoms with van der Waals surface area (Å²) in [6, 6.07) is 11.7. The first-order valence-corrected chi connectivity index (χ1v) is 12.1. The van der Waals surface area contributed by atoms with Crippen LogP contribution in [0, 0.1) is 12.8 Å². The molecular formula is C25H32N6O2. The fourth-order valence-corrected chi connectivity index (χ4v) is 5.08. The zero-order chi connectivity index (χ0) is 22.8. The van der Waals surface area contributed by atoms with Crippen LogP contribution in [0.2, 0.25) is 0 Å². The first kappa shape index (κ1) is 21.7. The molecule has 1 unspecified atom stereocenters. The van der Waals surface area contributed by atoms with Crippen molar-refractivity contribution in [3.63, 3.8) is 0 Å². The van der Waals surface area contributed by atoms with E-state index in [1.807, 2.05) is 48.2 Å². The van der Waals surface area contributed by atoms with Crippen LogP contribution >= 0.6 is 0 Å². The molecule has 3 saturated heterocycles. The van der Waals surface area contributed by atoms with Crippen molar-refractivity contribution in [1.82, 2.24) is 14.9 Å². The first-order chi connectivity index (χ1) is 16.1. The number of hydrogen-bond donors (Lipinski definition) is 0. The summed E-state index contributed by atoms with van der Waals surface area (Å²) in [5.41, 5.74) is 1.84. The normalized spacial score (nSPS) is 21.6. The predicted octanol–water partition coefficient (Wildman–Crippen LogP) is 2.48. The van der Waals surface area contributed by atoms with E-state index in [0.29, 0.717) is 19.6 Å². The second kappa shape index (κ2) is 9.37. The molecule has 0 radical (unpaired) electrons. The summed E-state index contributed by atoms with van der Waals surface area (Å²) in [5, 5.41) is 0. The molecule has 3 fully saturated rings. The summed E-state index contributed by atoms with van der Waals surface area (Å²) in [6.07, 6.45) is 3.96. The highest BCUT2D eigenvalue weighted by molar-refractivity contribution is 6.00. The third-order valence-corrected chi connectivity index (χ3v) is 6.93. The number of hydrogen-bond acceptors (Lipinski definition) is 6. The van der Waals surface area contributed by atoms with Crippen molar-refractivity contribution < 1.29 is 9.59 Å². The molecule has 2 aromatic rings. The van der Waals surface area contributed by atoms with Crippen LogP contribution in [0.25, 0.3) is 0 Å². The Hall–Kier alpha value is -3.16. The first-order valence-electron chi connectivity index (χ1n) is 12.1. The van der Waals surface area contributed by atoms with Gasteiger partial charge in [0.1, 0.15) is 5.82 Å². The highest BCUT2D eigenvalue weighted by Gasteiger charge is 2.38. The van der Waals surface area contributed by atoms with E-state index >= 15 is 0 Å². The van der Waals surface area contributed by atoms with Crippen LogP contribution in [0.15, 0.2) is 36.4 Å². The van der Waals surface area contributed by atoms with Gasteiger partial charge in [-0.1, -0.05) is 18.2 Å². The van der Waals surface area contributed by atoms with Crippen molar-refractivity contribution in [2.45, 2.75) is 32.6 Å². The Bertz CT molecular complexity index is 999. The fraction of sp³-hybridized carbons (Fsp3) is 0.520. The van der Waals surface area contributed by atoms with Crippen LogP contribution in [0.3, 0.4) is 0 Å². The SMILES string of the molecule is Cc1cc(N2CCN(C(=O)C3CC(=O)N(c4ccccc4)C3)CC2)nc(N2CCCCC2)n1. The van der Waals surface area contributed by atoms with Gasteiger partial charge in [-0.05, 0) is 38.3 Å². The number of rotatable bonds is 4. The lowest BCUT2D eigenvalue weighted by atomic mass is 10.1. The van der Waals surface area contributed by atoms with Gasteiger partial charge in [0.05, 0.1) is 5.92 Å². The molecule has 3 aliphatic rings. The molecular weight excluding hydrogens is 416 g/mol. The van der Waals surface area contributed by atoms with Crippen LogP contribution < -0.4 is 14.7 Å². The standard InChI is InChI=1S/C25H32N6O2/c1-19-16-22(27-25(26-19)30-10-6-3-7-11-30)28-12-14-29(15-13-28)24(33)20-17-23(32)31(18-20)21-8-4-2-5-9-21/h2,4-5,8-9,16,20H,3,6-7,10-15,17-18H2,1H3. The molecule has 2 amide bonds. The second-order valence-electron chi connectivity index (χ2n) is 9.27. The number of carbonyl (C=O) groups excluding carboxylic acids is 2. The summed E-state index contributed by atoms with van der Waals surface area (Å²) >= 11 is 0. The van der Waals surface area contributed by atoms with Gasteiger partial charge in [0.2, 0.25) is 17.8 Å². The Kier molecular flexibility index (Phi) is 6.15. The minimum absolute atomic E-state index is 0.0277. The summed E-state index contributed by atoms with van der Waals surface area (Å²) in [4.78, 5) is 43.5. The van der Waals surface area contributed by atoms with Gasteiger partial charge in [-0.2, -0.15) is 4.98 Å². The monoisotopic (exact) mass is 448 g/mol. The molecule has 8 nitrogen and oxygen atoms in total. The lowest BCUT2D eigenvalue weighted by molar-refractivity contribution is -0.136. The number of aryl methyl sites for hydroxylation is 1. The van der Waals surface area contributed by atoms with Gasteiger partial charge in [0.15, 0.2) is 0 Å². The number of anilines is 3. The van der Waals surface area contributed by atoms with Crippen LogP contribution in [0.1, 0.15) is 31.4 Å². The molecule has 0 N–H and O–H groups in total. The average molecular weight is 449 g/mol. The minimum Gasteiger partial charge on any atom is -0.353 e. The molecule has 3 aliphatic heterocycles. The van der Waals surface area contributed by atoms with E-state index in [9.17, 15) is 9.59 Å². The van der Waals surface area contributed by atoms with E-state index in [1.165, 1.54) is 19.3 Å². The maximum absolute atomic E-state index is 13.2. The van der Waals surface area contributed by atoms with E-state index in [2.05, 4.69) is 14.8 Å². The third-order valence-electron chi connectivity index (χ3n) is 6.93. The molecule has 0 saturated carbocycles. The Balaban J connectivity index is 1.20. The van der Waals surface area contributed by atoms with E-state index in [4.69, 9.17) is 4.98 Å². The Morgan fingerprint density at radius 3 is 2.36 bits per heavy atom. The van der Waals surface area contributed by atoms with Gasteiger partial charge in [-0.15, -0.1) is 0 Å². The molecule has 0 spiro atoms. The van der Waals surface area contributed by atoms with Crippen molar-refractivity contribution in [3.8, 4) is 0 Å². The van der Waals surface area contributed by atoms with Crippen LogP contribution in [0.4, 0.5) is 17.5 Å². The van der Waals surface area contributed by atoms with Crippen molar-refractivity contribution >= 4 is 29.3 Å². The molecule has 0 bridgehead atoms. The van der Waals surface area contributed by atoms with Gasteiger partial charge in [-0.25, -0.2) is 4.98 Å². The quantitative estimate of drug-likeness (QED) is 0.716. The van der Waals surface area contributed by atoms with Crippen molar-refractivity contribution in [1.29, 1.82) is 0 Å². The van der Waals surface area contributed by atoms with Crippen molar-refractivity contribution in [2.75, 3.05) is 60.5 Å². The lowest BCUT2D eigenvalue weighted by Gasteiger charge is -2.37. The van der Waals surface area contributed by atoms with Gasteiger partial charge in [0.25, 0.3) is 0 Å². The summed E-state index contributed by atoms with van der Waals surface area (Å²) in [7, 11) is 0. The number of benzene rings is 1. The van der Waals surface area contributed by atoms with Crippen LogP contribution in [-0.4, -0.2) is 72.5 Å². The molecule has 1 aromatic carbocycles. The largest absolute Gasteiger partial charge is 0.353 e. The molecule has 33 heavy (non-hydrogen) atoms. The average Bonchev–Trinajstić information content (AvgIpc) is 3.26. The smallest absolute Gasteiger partial charge is 0.228 e. The summed E-state index contributed by atoms with van der Waals surface area (Å²) < 4.78 is 0. The number of piperidine rings is 1. The highest BCUT2D eigenvalue weighted by atomic mass is 16.2.